The normalized spacial score (nSPS) is 19.4. The van der Waals surface area contributed by atoms with Crippen molar-refractivity contribution in [2.45, 2.75) is 31.7 Å². The van der Waals surface area contributed by atoms with Crippen LogP contribution in [-0.2, 0) is 0 Å². The number of ether oxygens (including phenoxy) is 1. The summed E-state index contributed by atoms with van der Waals surface area (Å²) < 4.78 is 5.36. The highest BCUT2D eigenvalue weighted by molar-refractivity contribution is 5.21. The minimum absolute atomic E-state index is 0.128. The van der Waals surface area contributed by atoms with E-state index in [1.165, 1.54) is 19.3 Å². The molecule has 0 bridgehead atoms. The van der Waals surface area contributed by atoms with Crippen molar-refractivity contribution < 1.29 is 9.66 Å². The predicted molar refractivity (Wildman–Crippen MR) is 64.4 cm³/mol. The van der Waals surface area contributed by atoms with Gasteiger partial charge in [-0.3, -0.25) is 10.1 Å². The van der Waals surface area contributed by atoms with Gasteiger partial charge in [0.1, 0.15) is 12.4 Å². The lowest BCUT2D eigenvalue weighted by Crippen LogP contribution is -2.35. The van der Waals surface area contributed by atoms with Gasteiger partial charge in [-0.1, -0.05) is 6.42 Å². The number of nitrogens with zero attached hydrogens (tertiary/aromatic N) is 3. The summed E-state index contributed by atoms with van der Waals surface area (Å²) in [5.74, 6) is 0. The Balaban J connectivity index is 1.74. The monoisotopic (exact) mass is 252 g/mol. The summed E-state index contributed by atoms with van der Waals surface area (Å²) in [6.45, 7) is 1.59. The first-order chi connectivity index (χ1) is 8.75. The molecule has 0 amide bonds. The van der Waals surface area contributed by atoms with Crippen LogP contribution >= 0.6 is 0 Å². The van der Waals surface area contributed by atoms with E-state index in [4.69, 9.17) is 4.74 Å². The standard InChI is InChI=1S/C11H16N4O3/c16-15(17)10-7-13-11(14-8-10)18-6-4-9-3-1-2-5-12-9/h7-9,12H,1-6H2. The summed E-state index contributed by atoms with van der Waals surface area (Å²) in [6.07, 6.45) is 6.88. The number of aromatic nitrogens is 2. The molecular weight excluding hydrogens is 236 g/mol. The lowest BCUT2D eigenvalue weighted by Gasteiger charge is -2.22. The third kappa shape index (κ3) is 3.63. The molecule has 0 saturated carbocycles. The lowest BCUT2D eigenvalue weighted by atomic mass is 10.0. The molecule has 1 atom stereocenters. The fraction of sp³-hybridized carbons (Fsp3) is 0.636. The van der Waals surface area contributed by atoms with Crippen molar-refractivity contribution in [1.29, 1.82) is 0 Å². The molecule has 1 fully saturated rings. The molecule has 0 aromatic carbocycles. The minimum atomic E-state index is -0.532. The van der Waals surface area contributed by atoms with Gasteiger partial charge in [-0.25, -0.2) is 0 Å². The molecule has 18 heavy (non-hydrogen) atoms. The molecule has 0 spiro atoms. The van der Waals surface area contributed by atoms with E-state index < -0.39 is 4.92 Å². The van der Waals surface area contributed by atoms with E-state index in [1.54, 1.807) is 0 Å². The maximum atomic E-state index is 10.4. The molecule has 1 aromatic rings. The molecule has 1 saturated heterocycles. The Morgan fingerprint density at radius 3 is 2.83 bits per heavy atom. The molecule has 2 heterocycles. The average molecular weight is 252 g/mol. The maximum absolute atomic E-state index is 10.4. The number of hydrogen-bond acceptors (Lipinski definition) is 6. The molecule has 0 radical (unpaired) electrons. The minimum Gasteiger partial charge on any atom is -0.463 e. The SMILES string of the molecule is O=[N+]([O-])c1cnc(OCCC2CCCCN2)nc1. The van der Waals surface area contributed by atoms with Gasteiger partial charge >= 0.3 is 11.7 Å². The maximum Gasteiger partial charge on any atom is 0.316 e. The quantitative estimate of drug-likeness (QED) is 0.627. The van der Waals surface area contributed by atoms with E-state index >= 15 is 0 Å². The molecule has 1 aromatic heterocycles. The summed E-state index contributed by atoms with van der Waals surface area (Å²) in [6, 6.07) is 0.688. The first-order valence-electron chi connectivity index (χ1n) is 6.08. The highest BCUT2D eigenvalue weighted by Crippen LogP contribution is 2.12. The lowest BCUT2D eigenvalue weighted by molar-refractivity contribution is -0.385. The van der Waals surface area contributed by atoms with Crippen molar-refractivity contribution in [3.05, 3.63) is 22.5 Å². The molecule has 1 aliphatic heterocycles. The second-order valence-corrected chi connectivity index (χ2v) is 4.26. The van der Waals surface area contributed by atoms with Gasteiger partial charge in [0.15, 0.2) is 0 Å². The third-order valence-electron chi connectivity index (χ3n) is 2.94. The average Bonchev–Trinajstić information content (AvgIpc) is 2.40. The van der Waals surface area contributed by atoms with E-state index in [0.29, 0.717) is 12.6 Å². The van der Waals surface area contributed by atoms with Gasteiger partial charge in [0.05, 0.1) is 11.5 Å². The molecule has 1 aliphatic rings. The molecule has 1 unspecified atom stereocenters. The first-order valence-corrected chi connectivity index (χ1v) is 6.08. The zero-order chi connectivity index (χ0) is 12.8. The van der Waals surface area contributed by atoms with E-state index in [-0.39, 0.29) is 11.7 Å². The summed E-state index contributed by atoms with van der Waals surface area (Å²) in [5.41, 5.74) is -0.128. The highest BCUT2D eigenvalue weighted by Gasteiger charge is 2.13. The van der Waals surface area contributed by atoms with Crippen LogP contribution in [0.25, 0.3) is 0 Å². The molecule has 7 nitrogen and oxygen atoms in total. The van der Waals surface area contributed by atoms with Crippen LogP contribution in [-0.4, -0.2) is 34.1 Å². The van der Waals surface area contributed by atoms with Gasteiger partial charge in [0, 0.05) is 6.04 Å². The van der Waals surface area contributed by atoms with Crippen molar-refractivity contribution in [1.82, 2.24) is 15.3 Å². The van der Waals surface area contributed by atoms with Gasteiger partial charge < -0.3 is 10.1 Å². The predicted octanol–water partition coefficient (Wildman–Crippen LogP) is 1.30. The van der Waals surface area contributed by atoms with Crippen molar-refractivity contribution in [2.24, 2.45) is 0 Å². The highest BCUT2D eigenvalue weighted by atomic mass is 16.6. The third-order valence-corrected chi connectivity index (χ3v) is 2.94. The summed E-state index contributed by atoms with van der Waals surface area (Å²) in [7, 11) is 0. The van der Waals surface area contributed by atoms with E-state index in [0.717, 1.165) is 25.4 Å². The summed E-state index contributed by atoms with van der Waals surface area (Å²) in [5, 5.41) is 13.8. The Morgan fingerprint density at radius 2 is 2.22 bits per heavy atom. The van der Waals surface area contributed by atoms with Gasteiger partial charge in [-0.05, 0) is 25.8 Å². The van der Waals surface area contributed by atoms with E-state index in [9.17, 15) is 10.1 Å². The van der Waals surface area contributed by atoms with Crippen molar-refractivity contribution in [3.8, 4) is 6.01 Å². The van der Waals surface area contributed by atoms with Crippen molar-refractivity contribution >= 4 is 5.69 Å². The Hall–Kier alpha value is -1.76. The Morgan fingerprint density at radius 1 is 1.44 bits per heavy atom. The summed E-state index contributed by atoms with van der Waals surface area (Å²) in [4.78, 5) is 17.5. The van der Waals surface area contributed by atoms with Crippen LogP contribution in [0, 0.1) is 10.1 Å². The second kappa shape index (κ2) is 6.25. The van der Waals surface area contributed by atoms with Crippen LogP contribution < -0.4 is 10.1 Å². The Labute approximate surface area is 105 Å². The molecular formula is C11H16N4O3. The Kier molecular flexibility index (Phi) is 4.40. The fourth-order valence-electron chi connectivity index (χ4n) is 1.94. The number of hydrogen-bond donors (Lipinski definition) is 1. The molecule has 7 heteroatoms. The van der Waals surface area contributed by atoms with Gasteiger partial charge in [0.2, 0.25) is 0 Å². The smallest absolute Gasteiger partial charge is 0.316 e. The zero-order valence-corrected chi connectivity index (χ0v) is 10.0. The molecule has 1 N–H and O–H groups in total. The van der Waals surface area contributed by atoms with Crippen LogP contribution in [0.5, 0.6) is 6.01 Å². The number of rotatable bonds is 5. The van der Waals surface area contributed by atoms with Crippen LogP contribution in [0.15, 0.2) is 12.4 Å². The fourth-order valence-corrected chi connectivity index (χ4v) is 1.94. The number of nitrogens with one attached hydrogen (secondary N) is 1. The first kappa shape index (κ1) is 12.7. The zero-order valence-electron chi connectivity index (χ0n) is 10.0. The molecule has 0 aliphatic carbocycles. The topological polar surface area (TPSA) is 90.2 Å². The molecule has 2 rings (SSSR count). The van der Waals surface area contributed by atoms with E-state index in [2.05, 4.69) is 15.3 Å². The van der Waals surface area contributed by atoms with Crippen LogP contribution in [0.2, 0.25) is 0 Å². The van der Waals surface area contributed by atoms with Crippen LogP contribution in [0.3, 0.4) is 0 Å². The van der Waals surface area contributed by atoms with Gasteiger partial charge in [0.25, 0.3) is 0 Å². The molecule has 98 valence electrons. The van der Waals surface area contributed by atoms with Gasteiger partial charge in [-0.15, -0.1) is 0 Å². The summed E-state index contributed by atoms with van der Waals surface area (Å²) >= 11 is 0. The number of piperidine rings is 1. The van der Waals surface area contributed by atoms with E-state index in [1.807, 2.05) is 0 Å². The van der Waals surface area contributed by atoms with Crippen LogP contribution in [0.4, 0.5) is 5.69 Å². The second-order valence-electron chi connectivity index (χ2n) is 4.26. The van der Waals surface area contributed by atoms with Crippen LogP contribution in [0.1, 0.15) is 25.7 Å². The van der Waals surface area contributed by atoms with Crippen molar-refractivity contribution in [3.63, 3.8) is 0 Å². The van der Waals surface area contributed by atoms with Gasteiger partial charge in [-0.2, -0.15) is 9.97 Å². The van der Waals surface area contributed by atoms with Crippen molar-refractivity contribution in [2.75, 3.05) is 13.2 Å². The number of nitro groups is 1. The largest absolute Gasteiger partial charge is 0.463 e. The Bertz CT molecular complexity index is 390.